The fourth-order valence-corrected chi connectivity index (χ4v) is 2.38. The minimum atomic E-state index is 0.400. The van der Waals surface area contributed by atoms with Gasteiger partial charge in [-0.05, 0) is 19.5 Å². The van der Waals surface area contributed by atoms with Crippen LogP contribution in [0.15, 0.2) is 23.0 Å². The first kappa shape index (κ1) is 11.6. The Morgan fingerprint density at radius 1 is 1.62 bits per heavy atom. The summed E-state index contributed by atoms with van der Waals surface area (Å²) in [6.45, 7) is 3.29. The highest BCUT2D eigenvalue weighted by atomic mass is 16.5. The molecule has 2 heterocycles. The Balaban J connectivity index is 1.92. The topological polar surface area (TPSA) is 51.6 Å². The first-order valence-corrected chi connectivity index (χ1v) is 5.80. The number of nitrogens with zero attached hydrogens (tertiary/aromatic N) is 1. The fourth-order valence-electron chi connectivity index (χ4n) is 2.38. The molecule has 1 aliphatic rings. The van der Waals surface area contributed by atoms with Crippen molar-refractivity contribution in [2.45, 2.75) is 19.0 Å². The first-order chi connectivity index (χ1) is 7.81. The van der Waals surface area contributed by atoms with E-state index in [9.17, 15) is 0 Å². The summed E-state index contributed by atoms with van der Waals surface area (Å²) >= 11 is 0. The molecule has 0 radical (unpaired) electrons. The number of rotatable bonds is 5. The number of furan rings is 1. The first-order valence-electron chi connectivity index (χ1n) is 5.80. The Morgan fingerprint density at radius 2 is 2.50 bits per heavy atom. The Morgan fingerprint density at radius 3 is 3.06 bits per heavy atom. The summed E-state index contributed by atoms with van der Waals surface area (Å²) in [6.07, 6.45) is 4.62. The summed E-state index contributed by atoms with van der Waals surface area (Å²) in [4.78, 5) is 2.30. The standard InChI is InChI=1S/C12H20N2O2/c1-14(7-10-2-4-15-8-10)12(6-13)11-3-5-16-9-11/h2,4,8,11-12H,3,5-7,9,13H2,1H3. The van der Waals surface area contributed by atoms with E-state index in [0.717, 1.165) is 26.2 Å². The van der Waals surface area contributed by atoms with Crippen molar-refractivity contribution in [2.75, 3.05) is 26.8 Å². The van der Waals surface area contributed by atoms with Gasteiger partial charge in [0, 0.05) is 37.2 Å². The lowest BCUT2D eigenvalue weighted by atomic mass is 9.97. The van der Waals surface area contributed by atoms with Crippen LogP contribution >= 0.6 is 0 Å². The predicted octanol–water partition coefficient (Wildman–Crippen LogP) is 1.08. The Labute approximate surface area is 96.4 Å². The molecule has 1 fully saturated rings. The van der Waals surface area contributed by atoms with Crippen molar-refractivity contribution in [2.24, 2.45) is 11.7 Å². The van der Waals surface area contributed by atoms with Crippen molar-refractivity contribution in [3.63, 3.8) is 0 Å². The van der Waals surface area contributed by atoms with E-state index >= 15 is 0 Å². The number of nitrogens with two attached hydrogens (primary N) is 1. The van der Waals surface area contributed by atoms with Crippen LogP contribution in [-0.4, -0.2) is 37.7 Å². The van der Waals surface area contributed by atoms with Gasteiger partial charge in [-0.15, -0.1) is 0 Å². The van der Waals surface area contributed by atoms with Crippen LogP contribution in [0.3, 0.4) is 0 Å². The van der Waals surface area contributed by atoms with Gasteiger partial charge >= 0.3 is 0 Å². The normalized spacial score (nSPS) is 22.8. The van der Waals surface area contributed by atoms with Crippen molar-refractivity contribution >= 4 is 0 Å². The zero-order chi connectivity index (χ0) is 11.4. The summed E-state index contributed by atoms with van der Waals surface area (Å²) in [5.41, 5.74) is 7.06. The Bertz CT molecular complexity index is 294. The van der Waals surface area contributed by atoms with Crippen molar-refractivity contribution in [1.82, 2.24) is 4.90 Å². The van der Waals surface area contributed by atoms with Gasteiger partial charge in [0.05, 0.1) is 19.1 Å². The van der Waals surface area contributed by atoms with E-state index in [2.05, 4.69) is 11.9 Å². The lowest BCUT2D eigenvalue weighted by Crippen LogP contribution is -2.43. The van der Waals surface area contributed by atoms with Crippen LogP contribution < -0.4 is 5.73 Å². The van der Waals surface area contributed by atoms with Gasteiger partial charge in [0.15, 0.2) is 0 Å². The fraction of sp³-hybridized carbons (Fsp3) is 0.667. The molecule has 1 aromatic heterocycles. The molecule has 0 aliphatic carbocycles. The summed E-state index contributed by atoms with van der Waals surface area (Å²) < 4.78 is 10.5. The molecule has 4 nitrogen and oxygen atoms in total. The summed E-state index contributed by atoms with van der Waals surface area (Å²) in [7, 11) is 2.11. The monoisotopic (exact) mass is 224 g/mol. The smallest absolute Gasteiger partial charge is 0.0947 e. The zero-order valence-corrected chi connectivity index (χ0v) is 9.76. The second-order valence-electron chi connectivity index (χ2n) is 4.47. The van der Waals surface area contributed by atoms with Gasteiger partial charge < -0.3 is 14.9 Å². The number of likely N-dealkylation sites (N-methyl/N-ethyl adjacent to an activating group) is 1. The molecule has 2 unspecified atom stereocenters. The molecular weight excluding hydrogens is 204 g/mol. The maximum Gasteiger partial charge on any atom is 0.0947 e. The highest BCUT2D eigenvalue weighted by Crippen LogP contribution is 2.21. The molecular formula is C12H20N2O2. The minimum Gasteiger partial charge on any atom is -0.472 e. The average Bonchev–Trinajstić information content (AvgIpc) is 2.91. The van der Waals surface area contributed by atoms with Crippen LogP contribution in [0.1, 0.15) is 12.0 Å². The van der Waals surface area contributed by atoms with E-state index in [1.165, 1.54) is 5.56 Å². The van der Waals surface area contributed by atoms with Crippen molar-refractivity contribution < 1.29 is 9.15 Å². The average molecular weight is 224 g/mol. The number of hydrogen-bond donors (Lipinski definition) is 1. The van der Waals surface area contributed by atoms with E-state index in [0.29, 0.717) is 18.5 Å². The highest BCUT2D eigenvalue weighted by molar-refractivity contribution is 5.05. The second-order valence-corrected chi connectivity index (χ2v) is 4.47. The molecule has 2 N–H and O–H groups in total. The lowest BCUT2D eigenvalue weighted by molar-refractivity contribution is 0.136. The minimum absolute atomic E-state index is 0.400. The molecule has 0 saturated carbocycles. The van der Waals surface area contributed by atoms with Crippen LogP contribution in [-0.2, 0) is 11.3 Å². The summed E-state index contributed by atoms with van der Waals surface area (Å²) in [5, 5.41) is 0. The molecule has 0 amide bonds. The van der Waals surface area contributed by atoms with Gasteiger partial charge in [-0.3, -0.25) is 4.90 Å². The van der Waals surface area contributed by atoms with E-state index in [-0.39, 0.29) is 0 Å². The molecule has 4 heteroatoms. The second kappa shape index (κ2) is 5.48. The molecule has 16 heavy (non-hydrogen) atoms. The molecule has 2 rings (SSSR count). The Hall–Kier alpha value is -0.840. The predicted molar refractivity (Wildman–Crippen MR) is 61.9 cm³/mol. The molecule has 0 spiro atoms. The summed E-state index contributed by atoms with van der Waals surface area (Å²) in [5.74, 6) is 0.571. The van der Waals surface area contributed by atoms with E-state index < -0.39 is 0 Å². The number of hydrogen-bond acceptors (Lipinski definition) is 4. The Kier molecular flexibility index (Phi) is 3.98. The third-order valence-corrected chi connectivity index (χ3v) is 3.33. The molecule has 1 saturated heterocycles. The van der Waals surface area contributed by atoms with Gasteiger partial charge in [-0.2, -0.15) is 0 Å². The maximum atomic E-state index is 5.86. The third-order valence-electron chi connectivity index (χ3n) is 3.33. The van der Waals surface area contributed by atoms with Gasteiger partial charge in [0.25, 0.3) is 0 Å². The van der Waals surface area contributed by atoms with Crippen LogP contribution in [0.4, 0.5) is 0 Å². The highest BCUT2D eigenvalue weighted by Gasteiger charge is 2.27. The molecule has 0 aromatic carbocycles. The van der Waals surface area contributed by atoms with Gasteiger partial charge in [-0.1, -0.05) is 0 Å². The van der Waals surface area contributed by atoms with Gasteiger partial charge in [0.1, 0.15) is 0 Å². The van der Waals surface area contributed by atoms with E-state index in [1.807, 2.05) is 6.07 Å². The molecule has 1 aromatic rings. The van der Waals surface area contributed by atoms with Gasteiger partial charge in [-0.25, -0.2) is 0 Å². The van der Waals surface area contributed by atoms with E-state index in [4.69, 9.17) is 14.9 Å². The van der Waals surface area contributed by atoms with Gasteiger partial charge in [0.2, 0.25) is 0 Å². The van der Waals surface area contributed by atoms with Crippen molar-refractivity contribution in [3.8, 4) is 0 Å². The van der Waals surface area contributed by atoms with Crippen LogP contribution in [0.25, 0.3) is 0 Å². The quantitative estimate of drug-likeness (QED) is 0.813. The molecule has 0 bridgehead atoms. The third kappa shape index (κ3) is 2.64. The molecule has 1 aliphatic heterocycles. The van der Waals surface area contributed by atoms with Crippen LogP contribution in [0, 0.1) is 5.92 Å². The largest absolute Gasteiger partial charge is 0.472 e. The summed E-state index contributed by atoms with van der Waals surface area (Å²) in [6, 6.07) is 2.40. The molecule has 90 valence electrons. The van der Waals surface area contributed by atoms with Crippen molar-refractivity contribution in [3.05, 3.63) is 24.2 Å². The van der Waals surface area contributed by atoms with E-state index in [1.54, 1.807) is 12.5 Å². The number of ether oxygens (including phenoxy) is 1. The maximum absolute atomic E-state index is 5.86. The van der Waals surface area contributed by atoms with Crippen LogP contribution in [0.2, 0.25) is 0 Å². The zero-order valence-electron chi connectivity index (χ0n) is 9.76. The van der Waals surface area contributed by atoms with Crippen LogP contribution in [0.5, 0.6) is 0 Å². The lowest BCUT2D eigenvalue weighted by Gasteiger charge is -2.30. The molecule has 2 atom stereocenters. The SMILES string of the molecule is CN(Cc1ccoc1)C(CN)C1CCOC1. The van der Waals surface area contributed by atoms with Crippen molar-refractivity contribution in [1.29, 1.82) is 0 Å².